The summed E-state index contributed by atoms with van der Waals surface area (Å²) >= 11 is 0. The highest BCUT2D eigenvalue weighted by Crippen LogP contribution is 2.25. The average molecular weight is 407 g/mol. The van der Waals surface area contributed by atoms with Crippen molar-refractivity contribution in [2.45, 2.75) is 63.2 Å². The van der Waals surface area contributed by atoms with Crippen LogP contribution in [0.5, 0.6) is 0 Å². The monoisotopic (exact) mass is 407 g/mol. The molecule has 4 N–H and O–H groups in total. The summed E-state index contributed by atoms with van der Waals surface area (Å²) in [5.74, 6) is -0.239. The van der Waals surface area contributed by atoms with Crippen LogP contribution in [0.25, 0.3) is 0 Å². The lowest BCUT2D eigenvalue weighted by Gasteiger charge is -2.36. The number of amides is 3. The van der Waals surface area contributed by atoms with Gasteiger partial charge in [-0.3, -0.25) is 4.79 Å². The summed E-state index contributed by atoms with van der Waals surface area (Å²) in [7, 11) is 0. The molecule has 1 aromatic rings. The number of hydrogen-bond acceptors (Lipinski definition) is 4. The average Bonchev–Trinajstić information content (AvgIpc) is 3.25. The zero-order valence-electron chi connectivity index (χ0n) is 16.5. The molecule has 7 nitrogen and oxygen atoms in total. The van der Waals surface area contributed by atoms with E-state index in [0.29, 0.717) is 25.8 Å². The maximum Gasteiger partial charge on any atom is 0.319 e. The number of aliphatic hydroxyl groups excluding tert-OH is 1. The number of carbonyl (C=O) groups is 2. The molecule has 0 spiro atoms. The molecule has 2 fully saturated rings. The van der Waals surface area contributed by atoms with Crippen LogP contribution in [0.1, 0.15) is 44.9 Å². The second-order valence-electron chi connectivity index (χ2n) is 7.80. The Balaban J connectivity index is 1.41. The lowest BCUT2D eigenvalue weighted by Crippen LogP contribution is -2.52. The number of ether oxygens (including phenoxy) is 1. The Kier molecular flexibility index (Phi) is 7.83. The highest BCUT2D eigenvalue weighted by molar-refractivity contribution is 5.89. The Hall–Kier alpha value is -2.19. The van der Waals surface area contributed by atoms with Gasteiger partial charge in [-0.05, 0) is 44.2 Å². The van der Waals surface area contributed by atoms with Gasteiger partial charge in [-0.2, -0.15) is 0 Å². The first kappa shape index (κ1) is 21.5. The third-order valence-corrected chi connectivity index (χ3v) is 5.73. The lowest BCUT2D eigenvalue weighted by molar-refractivity contribution is -0.125. The summed E-state index contributed by atoms with van der Waals surface area (Å²) in [5.41, 5.74) is 0.0955. The van der Waals surface area contributed by atoms with E-state index in [-0.39, 0.29) is 36.3 Å². The first-order chi connectivity index (χ1) is 14.1. The predicted octanol–water partition coefficient (Wildman–Crippen LogP) is 2.55. The Bertz CT molecular complexity index is 696. The number of para-hydroxylation sites is 1. The van der Waals surface area contributed by atoms with Crippen molar-refractivity contribution < 1.29 is 23.8 Å². The molecule has 1 aliphatic carbocycles. The molecule has 3 atom stereocenters. The number of anilines is 1. The molecule has 29 heavy (non-hydrogen) atoms. The summed E-state index contributed by atoms with van der Waals surface area (Å²) in [6, 6.07) is 5.03. The standard InChI is InChI=1S/C21H30FN3O4/c22-16-7-3-4-8-17(16)24-21(28)25-18-10-9-15(29-19(18)13-26)11-12-23-20(27)14-5-1-2-6-14/h3-4,7-8,14-15,18-19,26H,1-2,5-6,9-13H2,(H,23,27)(H2,24,25,28)/t15-,18+,19+/m1/s1. The van der Waals surface area contributed by atoms with Crippen molar-refractivity contribution in [3.8, 4) is 0 Å². The molecule has 0 aromatic heterocycles. The van der Waals surface area contributed by atoms with E-state index < -0.39 is 18.0 Å². The summed E-state index contributed by atoms with van der Waals surface area (Å²) in [6.07, 6.45) is 5.60. The van der Waals surface area contributed by atoms with Crippen molar-refractivity contribution in [1.29, 1.82) is 0 Å². The van der Waals surface area contributed by atoms with Crippen LogP contribution in [-0.4, -0.2) is 48.4 Å². The minimum absolute atomic E-state index is 0.0799. The van der Waals surface area contributed by atoms with Crippen LogP contribution in [0.2, 0.25) is 0 Å². The molecule has 0 unspecified atom stereocenters. The van der Waals surface area contributed by atoms with Gasteiger partial charge in [0.1, 0.15) is 11.9 Å². The normalized spacial score (nSPS) is 24.8. The van der Waals surface area contributed by atoms with Crippen molar-refractivity contribution >= 4 is 17.6 Å². The van der Waals surface area contributed by atoms with Gasteiger partial charge >= 0.3 is 6.03 Å². The van der Waals surface area contributed by atoms with Gasteiger partial charge in [-0.25, -0.2) is 9.18 Å². The number of hydrogen-bond donors (Lipinski definition) is 4. The van der Waals surface area contributed by atoms with Crippen LogP contribution in [0.15, 0.2) is 24.3 Å². The topological polar surface area (TPSA) is 99.7 Å². The minimum Gasteiger partial charge on any atom is -0.394 e. The highest BCUT2D eigenvalue weighted by atomic mass is 19.1. The highest BCUT2D eigenvalue weighted by Gasteiger charge is 2.32. The number of benzene rings is 1. The lowest BCUT2D eigenvalue weighted by atomic mass is 9.97. The molecule has 8 heteroatoms. The summed E-state index contributed by atoms with van der Waals surface area (Å²) in [4.78, 5) is 24.3. The van der Waals surface area contributed by atoms with E-state index in [0.717, 1.165) is 25.7 Å². The number of aliphatic hydroxyl groups is 1. The second kappa shape index (κ2) is 10.5. The number of rotatable bonds is 7. The molecule has 1 saturated heterocycles. The van der Waals surface area contributed by atoms with Crippen molar-refractivity contribution in [1.82, 2.24) is 10.6 Å². The van der Waals surface area contributed by atoms with Crippen molar-refractivity contribution in [3.05, 3.63) is 30.1 Å². The molecular weight excluding hydrogens is 377 g/mol. The van der Waals surface area contributed by atoms with Crippen molar-refractivity contribution in [3.63, 3.8) is 0 Å². The fourth-order valence-corrected chi connectivity index (χ4v) is 4.09. The first-order valence-electron chi connectivity index (χ1n) is 10.4. The third kappa shape index (κ3) is 6.14. The Morgan fingerprint density at radius 1 is 1.14 bits per heavy atom. The van der Waals surface area contributed by atoms with Crippen molar-refractivity contribution in [2.24, 2.45) is 5.92 Å². The molecule has 1 heterocycles. The summed E-state index contributed by atoms with van der Waals surface area (Å²) in [6.45, 7) is 0.319. The molecule has 1 aliphatic heterocycles. The number of nitrogens with one attached hydrogen (secondary N) is 3. The van der Waals surface area contributed by atoms with Crippen molar-refractivity contribution in [2.75, 3.05) is 18.5 Å². The smallest absolute Gasteiger partial charge is 0.319 e. The molecule has 160 valence electrons. The van der Waals surface area contributed by atoms with Gasteiger partial charge in [0.25, 0.3) is 0 Å². The largest absolute Gasteiger partial charge is 0.394 e. The SMILES string of the molecule is O=C(Nc1ccccc1F)N[C@H]1CC[C@H](CCNC(=O)C2CCCC2)O[C@H]1CO. The molecule has 0 bridgehead atoms. The van der Waals surface area contributed by atoms with Gasteiger partial charge in [-0.1, -0.05) is 25.0 Å². The molecule has 1 saturated carbocycles. The maximum atomic E-state index is 13.7. The van der Waals surface area contributed by atoms with Gasteiger partial charge in [0.05, 0.1) is 24.4 Å². The van der Waals surface area contributed by atoms with E-state index in [4.69, 9.17) is 4.74 Å². The first-order valence-corrected chi connectivity index (χ1v) is 10.4. The number of carbonyl (C=O) groups excluding carboxylic acids is 2. The number of halogens is 1. The van der Waals surface area contributed by atoms with E-state index in [1.54, 1.807) is 12.1 Å². The Morgan fingerprint density at radius 2 is 1.90 bits per heavy atom. The van der Waals surface area contributed by atoms with E-state index in [1.807, 2.05) is 0 Å². The van der Waals surface area contributed by atoms with Crippen LogP contribution in [0.3, 0.4) is 0 Å². The van der Waals surface area contributed by atoms with Crippen LogP contribution >= 0.6 is 0 Å². The van der Waals surface area contributed by atoms with E-state index >= 15 is 0 Å². The second-order valence-corrected chi connectivity index (χ2v) is 7.80. The zero-order valence-corrected chi connectivity index (χ0v) is 16.5. The quantitative estimate of drug-likeness (QED) is 0.558. The zero-order chi connectivity index (χ0) is 20.6. The molecule has 2 aliphatic rings. The molecule has 1 aromatic carbocycles. The Labute approximate surface area is 170 Å². The maximum absolute atomic E-state index is 13.7. The summed E-state index contributed by atoms with van der Waals surface area (Å²) in [5, 5.41) is 17.9. The van der Waals surface area contributed by atoms with E-state index in [9.17, 15) is 19.1 Å². The van der Waals surface area contributed by atoms with Crippen LogP contribution < -0.4 is 16.0 Å². The molecule has 3 amide bonds. The van der Waals surface area contributed by atoms with Gasteiger partial charge < -0.3 is 25.8 Å². The number of urea groups is 1. The summed E-state index contributed by atoms with van der Waals surface area (Å²) < 4.78 is 19.6. The van der Waals surface area contributed by atoms with Gasteiger partial charge in [0.2, 0.25) is 5.91 Å². The van der Waals surface area contributed by atoms with Crippen LogP contribution in [0.4, 0.5) is 14.9 Å². The van der Waals surface area contributed by atoms with Gasteiger partial charge in [-0.15, -0.1) is 0 Å². The third-order valence-electron chi connectivity index (χ3n) is 5.73. The van der Waals surface area contributed by atoms with Gasteiger partial charge in [0.15, 0.2) is 0 Å². The van der Waals surface area contributed by atoms with Crippen LogP contribution in [-0.2, 0) is 9.53 Å². The van der Waals surface area contributed by atoms with Gasteiger partial charge in [0, 0.05) is 12.5 Å². The van der Waals surface area contributed by atoms with E-state index in [2.05, 4.69) is 16.0 Å². The van der Waals surface area contributed by atoms with E-state index in [1.165, 1.54) is 12.1 Å². The molecule has 3 rings (SSSR count). The fraction of sp³-hybridized carbons (Fsp3) is 0.619. The Morgan fingerprint density at radius 3 is 2.62 bits per heavy atom. The van der Waals surface area contributed by atoms with Crippen LogP contribution in [0, 0.1) is 11.7 Å². The predicted molar refractivity (Wildman–Crippen MR) is 107 cm³/mol. The fourth-order valence-electron chi connectivity index (χ4n) is 4.09. The molecular formula is C21H30FN3O4. The molecule has 0 radical (unpaired) electrons. The minimum atomic E-state index is -0.538.